The summed E-state index contributed by atoms with van der Waals surface area (Å²) < 4.78 is 13.9. The minimum atomic E-state index is -0.0845. The number of aryl methyl sites for hydroxylation is 1. The monoisotopic (exact) mass is 290 g/mol. The van der Waals surface area contributed by atoms with Crippen molar-refractivity contribution in [3.63, 3.8) is 0 Å². The van der Waals surface area contributed by atoms with E-state index in [1.54, 1.807) is 6.07 Å². The molecule has 1 aliphatic rings. The van der Waals surface area contributed by atoms with Crippen LogP contribution in [-0.2, 0) is 0 Å². The summed E-state index contributed by atoms with van der Waals surface area (Å²) >= 11 is 0. The number of halogens is 1. The number of unbranched alkanes of at least 4 members (excludes halogenated alkanes) is 2. The lowest BCUT2D eigenvalue weighted by atomic mass is 9.97. The van der Waals surface area contributed by atoms with E-state index in [-0.39, 0.29) is 5.82 Å². The molecule has 0 aliphatic carbocycles. The maximum atomic E-state index is 13.9. The number of allylic oxidation sites excluding steroid dienone is 1. The second kappa shape index (κ2) is 8.30. The van der Waals surface area contributed by atoms with Gasteiger partial charge in [-0.05, 0) is 43.4 Å². The Balaban J connectivity index is 2.09. The molecule has 0 saturated carbocycles. The van der Waals surface area contributed by atoms with Gasteiger partial charge in [0, 0.05) is 32.2 Å². The second-order valence-electron chi connectivity index (χ2n) is 5.88. The summed E-state index contributed by atoms with van der Waals surface area (Å²) in [6.07, 6.45) is 6.47. The zero-order valence-electron chi connectivity index (χ0n) is 13.1. The smallest absolute Gasteiger partial charge is 0.126 e. The molecule has 2 rings (SSSR count). The molecule has 21 heavy (non-hydrogen) atoms. The van der Waals surface area contributed by atoms with Crippen molar-refractivity contribution in [3.8, 4) is 0 Å². The van der Waals surface area contributed by atoms with Crippen LogP contribution < -0.4 is 5.32 Å². The van der Waals surface area contributed by atoms with Crippen LogP contribution in [0.15, 0.2) is 30.9 Å². The Bertz CT molecular complexity index is 453. The average molecular weight is 290 g/mol. The van der Waals surface area contributed by atoms with Crippen LogP contribution in [0.1, 0.15) is 42.9 Å². The van der Waals surface area contributed by atoms with E-state index < -0.39 is 0 Å². The highest BCUT2D eigenvalue weighted by Crippen LogP contribution is 2.28. The van der Waals surface area contributed by atoms with E-state index in [0.717, 1.165) is 56.6 Å². The Morgan fingerprint density at radius 2 is 2.10 bits per heavy atom. The van der Waals surface area contributed by atoms with Gasteiger partial charge in [0.15, 0.2) is 0 Å². The molecule has 1 N–H and O–H groups in total. The summed E-state index contributed by atoms with van der Waals surface area (Å²) in [4.78, 5) is 2.49. The quantitative estimate of drug-likeness (QED) is 0.606. The Morgan fingerprint density at radius 3 is 2.76 bits per heavy atom. The molecule has 1 aromatic carbocycles. The van der Waals surface area contributed by atoms with Gasteiger partial charge in [0.25, 0.3) is 0 Å². The van der Waals surface area contributed by atoms with Crippen LogP contribution >= 0.6 is 0 Å². The van der Waals surface area contributed by atoms with E-state index in [1.807, 2.05) is 19.1 Å². The van der Waals surface area contributed by atoms with Crippen LogP contribution in [0, 0.1) is 12.7 Å². The highest BCUT2D eigenvalue weighted by Gasteiger charge is 2.22. The highest BCUT2D eigenvalue weighted by atomic mass is 19.1. The number of nitrogens with zero attached hydrogens (tertiary/aromatic N) is 1. The number of benzene rings is 1. The van der Waals surface area contributed by atoms with Gasteiger partial charge in [-0.1, -0.05) is 24.6 Å². The van der Waals surface area contributed by atoms with Gasteiger partial charge in [-0.2, -0.15) is 0 Å². The molecule has 0 amide bonds. The van der Waals surface area contributed by atoms with Crippen molar-refractivity contribution in [1.82, 2.24) is 10.2 Å². The third kappa shape index (κ3) is 4.65. The fourth-order valence-electron chi connectivity index (χ4n) is 3.00. The standard InChI is InChI=1S/C18H27FN2/c1-3-4-5-6-7-18(21-12-10-20-11-13-21)16-9-8-15(2)17(19)14-16/h3,8-9,14,18,20H,1,4-7,10-13H2,2H3/t18-/m0/s1. The molecule has 2 nitrogen and oxygen atoms in total. The molecular formula is C18H27FN2. The van der Waals surface area contributed by atoms with Gasteiger partial charge in [0.1, 0.15) is 5.82 Å². The lowest BCUT2D eigenvalue weighted by molar-refractivity contribution is 0.162. The highest BCUT2D eigenvalue weighted by molar-refractivity contribution is 5.26. The molecule has 1 aromatic rings. The van der Waals surface area contributed by atoms with E-state index in [2.05, 4.69) is 22.9 Å². The fourth-order valence-corrected chi connectivity index (χ4v) is 3.00. The molecule has 1 saturated heterocycles. The van der Waals surface area contributed by atoms with E-state index >= 15 is 0 Å². The van der Waals surface area contributed by atoms with Crippen LogP contribution in [-0.4, -0.2) is 31.1 Å². The maximum Gasteiger partial charge on any atom is 0.126 e. The van der Waals surface area contributed by atoms with E-state index in [1.165, 1.54) is 6.42 Å². The lowest BCUT2D eigenvalue weighted by Crippen LogP contribution is -2.45. The first-order valence-corrected chi connectivity index (χ1v) is 8.04. The fraction of sp³-hybridized carbons (Fsp3) is 0.556. The van der Waals surface area contributed by atoms with Crippen LogP contribution in [0.25, 0.3) is 0 Å². The summed E-state index contributed by atoms with van der Waals surface area (Å²) in [5, 5.41) is 3.39. The Kier molecular flexibility index (Phi) is 6.40. The average Bonchev–Trinajstić information content (AvgIpc) is 2.51. The van der Waals surface area contributed by atoms with Crippen molar-refractivity contribution >= 4 is 0 Å². The third-order valence-electron chi connectivity index (χ3n) is 4.31. The summed E-state index contributed by atoms with van der Waals surface area (Å²) in [6.45, 7) is 9.74. The zero-order chi connectivity index (χ0) is 15.1. The Hall–Kier alpha value is -1.19. The van der Waals surface area contributed by atoms with Crippen LogP contribution in [0.2, 0.25) is 0 Å². The number of piperazine rings is 1. The molecule has 0 unspecified atom stereocenters. The maximum absolute atomic E-state index is 13.9. The largest absolute Gasteiger partial charge is 0.314 e. The molecule has 1 heterocycles. The van der Waals surface area contributed by atoms with Crippen molar-refractivity contribution in [2.24, 2.45) is 0 Å². The molecule has 0 aromatic heterocycles. The molecule has 1 aliphatic heterocycles. The number of hydrogen-bond acceptors (Lipinski definition) is 2. The van der Waals surface area contributed by atoms with Crippen molar-refractivity contribution in [1.29, 1.82) is 0 Å². The summed E-state index contributed by atoms with van der Waals surface area (Å²) in [7, 11) is 0. The molecule has 0 bridgehead atoms. The van der Waals surface area contributed by atoms with Gasteiger partial charge in [-0.25, -0.2) is 4.39 Å². The van der Waals surface area contributed by atoms with Crippen molar-refractivity contribution in [3.05, 3.63) is 47.8 Å². The van der Waals surface area contributed by atoms with Gasteiger partial charge in [0.2, 0.25) is 0 Å². The first-order valence-electron chi connectivity index (χ1n) is 8.04. The predicted molar refractivity (Wildman–Crippen MR) is 87.0 cm³/mol. The van der Waals surface area contributed by atoms with Crippen LogP contribution in [0.3, 0.4) is 0 Å². The van der Waals surface area contributed by atoms with E-state index in [0.29, 0.717) is 6.04 Å². The van der Waals surface area contributed by atoms with Gasteiger partial charge < -0.3 is 5.32 Å². The molecule has 1 fully saturated rings. The minimum Gasteiger partial charge on any atom is -0.314 e. The van der Waals surface area contributed by atoms with E-state index in [9.17, 15) is 4.39 Å². The topological polar surface area (TPSA) is 15.3 Å². The van der Waals surface area contributed by atoms with Crippen molar-refractivity contribution < 1.29 is 4.39 Å². The van der Waals surface area contributed by atoms with E-state index in [4.69, 9.17) is 0 Å². The van der Waals surface area contributed by atoms with Crippen LogP contribution in [0.4, 0.5) is 4.39 Å². The molecule has 1 atom stereocenters. The van der Waals surface area contributed by atoms with Crippen molar-refractivity contribution in [2.45, 2.75) is 38.6 Å². The molecule has 0 radical (unpaired) electrons. The normalized spacial score (nSPS) is 17.6. The van der Waals surface area contributed by atoms with Gasteiger partial charge in [0.05, 0.1) is 0 Å². The third-order valence-corrected chi connectivity index (χ3v) is 4.31. The number of hydrogen-bond donors (Lipinski definition) is 1. The molecule has 3 heteroatoms. The molecule has 116 valence electrons. The SMILES string of the molecule is C=CCCCC[C@@H](c1ccc(C)c(F)c1)N1CCNCC1. The second-order valence-corrected chi connectivity index (χ2v) is 5.88. The number of rotatable bonds is 7. The lowest BCUT2D eigenvalue weighted by Gasteiger charge is -2.35. The van der Waals surface area contributed by atoms with Crippen molar-refractivity contribution in [2.75, 3.05) is 26.2 Å². The molecule has 0 spiro atoms. The van der Waals surface area contributed by atoms with Gasteiger partial charge >= 0.3 is 0 Å². The zero-order valence-corrected chi connectivity index (χ0v) is 13.1. The molecular weight excluding hydrogens is 263 g/mol. The van der Waals surface area contributed by atoms with Crippen LogP contribution in [0.5, 0.6) is 0 Å². The number of nitrogens with one attached hydrogen (secondary N) is 1. The minimum absolute atomic E-state index is 0.0845. The van der Waals surface area contributed by atoms with Gasteiger partial charge in [-0.15, -0.1) is 6.58 Å². The first-order chi connectivity index (χ1) is 10.2. The Labute approximate surface area is 128 Å². The predicted octanol–water partition coefficient (Wildman–Crippen LogP) is 3.83. The summed E-state index contributed by atoms with van der Waals surface area (Å²) in [5.41, 5.74) is 1.85. The summed E-state index contributed by atoms with van der Waals surface area (Å²) in [5.74, 6) is -0.0845. The summed E-state index contributed by atoms with van der Waals surface area (Å²) in [6, 6.07) is 6.07. The Morgan fingerprint density at radius 1 is 1.33 bits per heavy atom. The van der Waals surface area contributed by atoms with Gasteiger partial charge in [-0.3, -0.25) is 4.90 Å². The first kappa shape index (κ1) is 16.2.